The molecule has 9 rings (SSSR count). The van der Waals surface area contributed by atoms with E-state index in [1.807, 2.05) is 12.1 Å². The predicted octanol–water partition coefficient (Wildman–Crippen LogP) is 9.44. The zero-order valence-electron chi connectivity index (χ0n) is 21.1. The lowest BCUT2D eigenvalue weighted by molar-refractivity contribution is 0.155. The van der Waals surface area contributed by atoms with Crippen molar-refractivity contribution in [3.8, 4) is 22.3 Å². The van der Waals surface area contributed by atoms with E-state index in [2.05, 4.69) is 120 Å². The number of aliphatic hydroxyl groups is 1. The average Bonchev–Trinajstić information content (AvgIpc) is 3.34. The molecule has 2 heterocycles. The van der Waals surface area contributed by atoms with E-state index in [4.69, 9.17) is 0 Å². The second-order valence-corrected chi connectivity index (χ2v) is 10.6. The minimum Gasteiger partial charge on any atom is -0.369 e. The molecule has 182 valence electrons. The van der Waals surface area contributed by atoms with Crippen LogP contribution in [-0.4, -0.2) is 9.67 Å². The molecule has 0 spiro atoms. The van der Waals surface area contributed by atoms with E-state index in [1.54, 1.807) is 0 Å². The number of fused-ring (bicyclic) bond motifs is 11. The lowest BCUT2D eigenvalue weighted by Crippen LogP contribution is -2.15. The summed E-state index contributed by atoms with van der Waals surface area (Å²) in [5.74, 6) is 0. The molecule has 0 bridgehead atoms. The van der Waals surface area contributed by atoms with Crippen molar-refractivity contribution in [2.75, 3.05) is 0 Å². The smallest absolute Gasteiger partial charge is 0.158 e. The quantitative estimate of drug-likeness (QED) is 0.225. The summed E-state index contributed by atoms with van der Waals surface area (Å²) in [5, 5.41) is 21.5. The van der Waals surface area contributed by atoms with Crippen LogP contribution in [0.4, 0.5) is 0 Å². The van der Waals surface area contributed by atoms with Crippen molar-refractivity contribution in [2.45, 2.75) is 6.23 Å². The van der Waals surface area contributed by atoms with E-state index >= 15 is 0 Å². The molecule has 2 nitrogen and oxygen atoms in total. The minimum absolute atomic E-state index is 0.706. The van der Waals surface area contributed by atoms with Gasteiger partial charge in [-0.3, -0.25) is 0 Å². The van der Waals surface area contributed by atoms with Crippen LogP contribution in [0.15, 0.2) is 127 Å². The van der Waals surface area contributed by atoms with Gasteiger partial charge >= 0.3 is 0 Å². The Hall–Kier alpha value is -4.92. The molecule has 1 aliphatic rings. The summed E-state index contributed by atoms with van der Waals surface area (Å²) in [7, 11) is 0. The topological polar surface area (TPSA) is 25.2 Å². The number of benzene rings is 7. The van der Waals surface area contributed by atoms with Crippen molar-refractivity contribution in [2.24, 2.45) is 0 Å². The standard InChI is InChI=1S/C37H23NO/c39-37-31-15-6-5-13-28(31)33-20-23(21-34-30-14-7-8-16-35(30)38(37)36(33)34)22-17-18-29-26-11-2-1-9-24(26)25-10-3-4-12-27(25)32(29)19-22/h1-21,37,39H. The first kappa shape index (κ1) is 21.1. The maximum Gasteiger partial charge on any atom is 0.158 e. The van der Waals surface area contributed by atoms with Crippen LogP contribution in [0.1, 0.15) is 11.8 Å². The molecule has 7 aromatic carbocycles. The molecule has 2 heteroatoms. The van der Waals surface area contributed by atoms with Gasteiger partial charge in [-0.25, -0.2) is 0 Å². The van der Waals surface area contributed by atoms with E-state index in [9.17, 15) is 5.11 Å². The largest absolute Gasteiger partial charge is 0.369 e. The summed E-state index contributed by atoms with van der Waals surface area (Å²) in [4.78, 5) is 0. The molecule has 0 radical (unpaired) electrons. The van der Waals surface area contributed by atoms with Gasteiger partial charge in [-0.15, -0.1) is 0 Å². The van der Waals surface area contributed by atoms with E-state index < -0.39 is 6.23 Å². The Bertz CT molecular complexity index is 2270. The van der Waals surface area contributed by atoms with Crippen molar-refractivity contribution in [1.82, 2.24) is 4.57 Å². The Balaban J connectivity index is 1.40. The first-order chi connectivity index (χ1) is 19.3. The van der Waals surface area contributed by atoms with Crippen molar-refractivity contribution >= 4 is 54.1 Å². The first-order valence-corrected chi connectivity index (χ1v) is 13.5. The molecule has 0 aliphatic carbocycles. The number of rotatable bonds is 1. The Labute approximate surface area is 225 Å². The Morgan fingerprint density at radius 3 is 1.74 bits per heavy atom. The zero-order chi connectivity index (χ0) is 25.7. The fraction of sp³-hybridized carbons (Fsp3) is 0.0270. The maximum absolute atomic E-state index is 11.5. The van der Waals surface area contributed by atoms with Crippen molar-refractivity contribution in [1.29, 1.82) is 0 Å². The molecule has 1 unspecified atom stereocenters. The van der Waals surface area contributed by atoms with E-state index in [1.165, 1.54) is 59.8 Å². The zero-order valence-corrected chi connectivity index (χ0v) is 21.1. The molecule has 8 aromatic rings. The lowest BCUT2D eigenvalue weighted by Gasteiger charge is -2.26. The van der Waals surface area contributed by atoms with E-state index in [-0.39, 0.29) is 0 Å². The van der Waals surface area contributed by atoms with Gasteiger partial charge in [0.25, 0.3) is 0 Å². The Kier molecular flexibility index (Phi) is 4.09. The van der Waals surface area contributed by atoms with Gasteiger partial charge in [-0.05, 0) is 73.3 Å². The summed E-state index contributed by atoms with van der Waals surface area (Å²) in [6, 6.07) is 45.7. The highest BCUT2D eigenvalue weighted by atomic mass is 16.3. The summed E-state index contributed by atoms with van der Waals surface area (Å²) < 4.78 is 2.10. The monoisotopic (exact) mass is 497 g/mol. The third-order valence-corrected chi connectivity index (χ3v) is 8.66. The van der Waals surface area contributed by atoms with Crippen LogP contribution in [0.3, 0.4) is 0 Å². The highest BCUT2D eigenvalue weighted by Crippen LogP contribution is 2.47. The molecule has 39 heavy (non-hydrogen) atoms. The van der Waals surface area contributed by atoms with Crippen LogP contribution in [0.2, 0.25) is 0 Å². The lowest BCUT2D eigenvalue weighted by atomic mass is 9.89. The highest BCUT2D eigenvalue weighted by molar-refractivity contribution is 6.26. The fourth-order valence-electron chi connectivity index (χ4n) is 6.95. The maximum atomic E-state index is 11.5. The van der Waals surface area contributed by atoms with Crippen LogP contribution in [0, 0.1) is 0 Å². The Morgan fingerprint density at radius 1 is 0.436 bits per heavy atom. The number of hydrogen-bond acceptors (Lipinski definition) is 1. The van der Waals surface area contributed by atoms with Crippen LogP contribution in [0.25, 0.3) is 76.4 Å². The second-order valence-electron chi connectivity index (χ2n) is 10.6. The average molecular weight is 498 g/mol. The molecule has 0 fully saturated rings. The summed E-state index contributed by atoms with van der Waals surface area (Å²) >= 11 is 0. The van der Waals surface area contributed by atoms with Gasteiger partial charge in [0.15, 0.2) is 6.23 Å². The first-order valence-electron chi connectivity index (χ1n) is 13.5. The van der Waals surface area contributed by atoms with Crippen molar-refractivity contribution in [3.63, 3.8) is 0 Å². The van der Waals surface area contributed by atoms with Crippen molar-refractivity contribution in [3.05, 3.63) is 133 Å². The predicted molar refractivity (Wildman–Crippen MR) is 163 cm³/mol. The molecule has 0 saturated heterocycles. The summed E-state index contributed by atoms with van der Waals surface area (Å²) in [5.41, 5.74) is 7.76. The third kappa shape index (κ3) is 2.74. The number of hydrogen-bond donors (Lipinski definition) is 1. The number of para-hydroxylation sites is 1. The van der Waals surface area contributed by atoms with Crippen LogP contribution in [0.5, 0.6) is 0 Å². The number of aromatic nitrogens is 1. The van der Waals surface area contributed by atoms with Crippen molar-refractivity contribution < 1.29 is 5.11 Å². The molecule has 0 saturated carbocycles. The molecule has 0 amide bonds. The Morgan fingerprint density at radius 2 is 1.00 bits per heavy atom. The summed E-state index contributed by atoms with van der Waals surface area (Å²) in [6.45, 7) is 0. The van der Waals surface area contributed by atoms with E-state index in [0.717, 1.165) is 22.2 Å². The molecule has 1 atom stereocenters. The van der Waals surface area contributed by atoms with Gasteiger partial charge in [0.05, 0.1) is 11.0 Å². The normalized spacial score (nSPS) is 14.5. The van der Waals surface area contributed by atoms with Gasteiger partial charge in [0.1, 0.15) is 0 Å². The van der Waals surface area contributed by atoms with Crippen LogP contribution >= 0.6 is 0 Å². The molecule has 1 N–H and O–H groups in total. The summed E-state index contributed by atoms with van der Waals surface area (Å²) in [6.07, 6.45) is -0.706. The molecule has 1 aromatic heterocycles. The second kappa shape index (κ2) is 7.57. The van der Waals surface area contributed by atoms with Gasteiger partial charge in [-0.2, -0.15) is 0 Å². The van der Waals surface area contributed by atoms with E-state index in [0.29, 0.717) is 0 Å². The SMILES string of the molecule is OC1c2ccccc2-c2cc(-c3ccc4c5ccccc5c5ccccc5c4c3)cc3c4ccccc4n1c23. The van der Waals surface area contributed by atoms with Gasteiger partial charge in [0.2, 0.25) is 0 Å². The molecule has 1 aliphatic heterocycles. The number of aliphatic hydroxyl groups excluding tert-OH is 1. The molecular formula is C37H23NO. The van der Waals surface area contributed by atoms with Crippen LogP contribution in [-0.2, 0) is 0 Å². The van der Waals surface area contributed by atoms with Gasteiger partial charge < -0.3 is 9.67 Å². The van der Waals surface area contributed by atoms with Gasteiger partial charge in [-0.1, -0.05) is 103 Å². The third-order valence-electron chi connectivity index (χ3n) is 8.66. The fourth-order valence-corrected chi connectivity index (χ4v) is 6.95. The van der Waals surface area contributed by atoms with Gasteiger partial charge in [0, 0.05) is 21.9 Å². The number of nitrogens with zero attached hydrogens (tertiary/aromatic N) is 1. The molecular weight excluding hydrogens is 474 g/mol. The highest BCUT2D eigenvalue weighted by Gasteiger charge is 2.28. The van der Waals surface area contributed by atoms with Crippen LogP contribution < -0.4 is 0 Å². The minimum atomic E-state index is -0.706.